The summed E-state index contributed by atoms with van der Waals surface area (Å²) in [5.74, 6) is 0. The summed E-state index contributed by atoms with van der Waals surface area (Å²) >= 11 is 3.48. The third-order valence-corrected chi connectivity index (χ3v) is 2.91. The van der Waals surface area contributed by atoms with E-state index in [2.05, 4.69) is 15.9 Å². The molecule has 0 spiro atoms. The highest BCUT2D eigenvalue weighted by Gasteiger charge is 2.08. The van der Waals surface area contributed by atoms with Gasteiger partial charge in [0.05, 0.1) is 0 Å². The van der Waals surface area contributed by atoms with Crippen LogP contribution in [0.5, 0.6) is 0 Å². The van der Waals surface area contributed by atoms with Gasteiger partial charge in [-0.25, -0.2) is 0 Å². The predicted molar refractivity (Wildman–Crippen MR) is 51.9 cm³/mol. The molecular weight excluding hydrogens is 218 g/mol. The van der Waals surface area contributed by atoms with Gasteiger partial charge in [-0.15, -0.1) is 0 Å². The fourth-order valence-electron chi connectivity index (χ4n) is 1.16. The van der Waals surface area contributed by atoms with Gasteiger partial charge in [-0.05, 0) is 28.8 Å². The Balaban J connectivity index is 3.22. The Morgan fingerprint density at radius 1 is 1.25 bits per heavy atom. The van der Waals surface area contributed by atoms with Gasteiger partial charge in [0, 0.05) is 15.6 Å². The molecule has 0 unspecified atom stereocenters. The Hall–Kier alpha value is -0.570. The van der Waals surface area contributed by atoms with Crippen LogP contribution < -0.4 is 4.73 Å². The van der Waals surface area contributed by atoms with E-state index in [-0.39, 0.29) is 0 Å². The van der Waals surface area contributed by atoms with Crippen molar-refractivity contribution in [3.8, 4) is 0 Å². The average molecular weight is 230 g/mol. The standard InChI is InChI=1S/C9H12BrNO/c1-3-7-5-11(12)6-8(4-2)9(7)10/h5-6H,3-4H2,1-2H3. The number of hydrogen-bond donors (Lipinski definition) is 0. The summed E-state index contributed by atoms with van der Waals surface area (Å²) in [6.45, 7) is 4.08. The molecule has 0 fully saturated rings. The first kappa shape index (κ1) is 9.52. The summed E-state index contributed by atoms with van der Waals surface area (Å²) in [6, 6.07) is 0. The fraction of sp³-hybridized carbons (Fsp3) is 0.444. The summed E-state index contributed by atoms with van der Waals surface area (Å²) in [5, 5.41) is 11.1. The lowest BCUT2D eigenvalue weighted by molar-refractivity contribution is -0.606. The van der Waals surface area contributed by atoms with Gasteiger partial charge >= 0.3 is 0 Å². The highest BCUT2D eigenvalue weighted by molar-refractivity contribution is 9.10. The van der Waals surface area contributed by atoms with Crippen LogP contribution in [0.15, 0.2) is 16.9 Å². The largest absolute Gasteiger partial charge is 0.619 e. The predicted octanol–water partition coefficient (Wildman–Crippen LogP) is 2.21. The second kappa shape index (κ2) is 3.90. The van der Waals surface area contributed by atoms with E-state index in [1.807, 2.05) is 13.8 Å². The molecule has 0 saturated carbocycles. The lowest BCUT2D eigenvalue weighted by atomic mass is 10.1. The minimum Gasteiger partial charge on any atom is -0.619 e. The van der Waals surface area contributed by atoms with Crippen molar-refractivity contribution in [3.05, 3.63) is 33.2 Å². The maximum atomic E-state index is 11.1. The molecule has 1 aromatic rings. The van der Waals surface area contributed by atoms with Gasteiger partial charge < -0.3 is 5.21 Å². The first-order valence-electron chi connectivity index (χ1n) is 4.09. The third-order valence-electron chi connectivity index (χ3n) is 1.89. The minimum atomic E-state index is 0.877. The van der Waals surface area contributed by atoms with Crippen molar-refractivity contribution in [1.82, 2.24) is 0 Å². The molecule has 66 valence electrons. The fourth-order valence-corrected chi connectivity index (χ4v) is 1.92. The molecule has 0 aromatic carbocycles. The molecule has 0 radical (unpaired) electrons. The van der Waals surface area contributed by atoms with Gasteiger partial charge in [0.1, 0.15) is 0 Å². The van der Waals surface area contributed by atoms with Crippen LogP contribution in [0.2, 0.25) is 0 Å². The number of aromatic nitrogens is 1. The molecule has 1 aromatic heterocycles. The highest BCUT2D eigenvalue weighted by atomic mass is 79.9. The molecule has 2 nitrogen and oxygen atoms in total. The van der Waals surface area contributed by atoms with Crippen LogP contribution in [0.1, 0.15) is 25.0 Å². The molecule has 0 aliphatic heterocycles. The van der Waals surface area contributed by atoms with E-state index >= 15 is 0 Å². The van der Waals surface area contributed by atoms with E-state index < -0.39 is 0 Å². The van der Waals surface area contributed by atoms with Crippen LogP contribution >= 0.6 is 15.9 Å². The van der Waals surface area contributed by atoms with Crippen LogP contribution in [0.3, 0.4) is 0 Å². The number of halogens is 1. The maximum Gasteiger partial charge on any atom is 0.184 e. The molecule has 0 bridgehead atoms. The zero-order valence-corrected chi connectivity index (χ0v) is 8.89. The Morgan fingerprint density at radius 3 is 2.00 bits per heavy atom. The quantitative estimate of drug-likeness (QED) is 0.565. The van der Waals surface area contributed by atoms with Crippen LogP contribution in [-0.4, -0.2) is 0 Å². The molecule has 0 aliphatic carbocycles. The Labute approximate surface area is 80.9 Å². The van der Waals surface area contributed by atoms with E-state index in [1.165, 1.54) is 0 Å². The van der Waals surface area contributed by atoms with E-state index in [9.17, 15) is 5.21 Å². The highest BCUT2D eigenvalue weighted by Crippen LogP contribution is 2.20. The van der Waals surface area contributed by atoms with Gasteiger partial charge in [-0.1, -0.05) is 13.8 Å². The summed E-state index contributed by atoms with van der Waals surface area (Å²) in [7, 11) is 0. The first-order valence-corrected chi connectivity index (χ1v) is 4.88. The van der Waals surface area contributed by atoms with Gasteiger partial charge in [-0.2, -0.15) is 4.73 Å². The van der Waals surface area contributed by atoms with E-state index in [4.69, 9.17) is 0 Å². The zero-order chi connectivity index (χ0) is 9.14. The summed E-state index contributed by atoms with van der Waals surface area (Å²) in [4.78, 5) is 0. The van der Waals surface area contributed by atoms with Crippen LogP contribution in [0.4, 0.5) is 0 Å². The van der Waals surface area contributed by atoms with Crippen molar-refractivity contribution in [1.29, 1.82) is 0 Å². The maximum absolute atomic E-state index is 11.1. The number of hydrogen-bond acceptors (Lipinski definition) is 1. The number of nitrogens with zero attached hydrogens (tertiary/aromatic N) is 1. The van der Waals surface area contributed by atoms with E-state index in [0.29, 0.717) is 0 Å². The van der Waals surface area contributed by atoms with Crippen molar-refractivity contribution >= 4 is 15.9 Å². The average Bonchev–Trinajstić information content (AvgIpc) is 2.08. The van der Waals surface area contributed by atoms with Crippen molar-refractivity contribution in [2.75, 3.05) is 0 Å². The first-order chi connectivity index (χ1) is 5.69. The summed E-state index contributed by atoms with van der Waals surface area (Å²) in [5.41, 5.74) is 2.15. The van der Waals surface area contributed by atoms with Crippen LogP contribution in [0.25, 0.3) is 0 Å². The summed E-state index contributed by atoms with van der Waals surface area (Å²) < 4.78 is 1.96. The summed E-state index contributed by atoms with van der Waals surface area (Å²) in [6.07, 6.45) is 5.00. The Morgan fingerprint density at radius 2 is 1.67 bits per heavy atom. The van der Waals surface area contributed by atoms with Crippen molar-refractivity contribution in [2.24, 2.45) is 0 Å². The normalized spacial score (nSPS) is 10.2. The van der Waals surface area contributed by atoms with E-state index in [0.717, 1.165) is 33.2 Å². The monoisotopic (exact) mass is 229 g/mol. The molecule has 0 aliphatic rings. The molecule has 3 heteroatoms. The molecule has 0 amide bonds. The molecule has 0 saturated heterocycles. The molecular formula is C9H12BrNO. The third kappa shape index (κ3) is 1.78. The minimum absolute atomic E-state index is 0.877. The number of rotatable bonds is 2. The topological polar surface area (TPSA) is 26.9 Å². The number of pyridine rings is 1. The molecule has 0 atom stereocenters. The van der Waals surface area contributed by atoms with Gasteiger partial charge in [0.15, 0.2) is 12.4 Å². The molecule has 12 heavy (non-hydrogen) atoms. The smallest absolute Gasteiger partial charge is 0.184 e. The SMILES string of the molecule is CCc1c[n+]([O-])cc(CC)c1Br. The number of aryl methyl sites for hydroxylation is 2. The van der Waals surface area contributed by atoms with E-state index in [1.54, 1.807) is 12.4 Å². The van der Waals surface area contributed by atoms with Crippen LogP contribution in [0, 0.1) is 5.21 Å². The van der Waals surface area contributed by atoms with Crippen LogP contribution in [-0.2, 0) is 12.8 Å². The second-order valence-electron chi connectivity index (χ2n) is 2.69. The molecule has 1 rings (SSSR count). The zero-order valence-electron chi connectivity index (χ0n) is 7.30. The second-order valence-corrected chi connectivity index (χ2v) is 3.48. The lowest BCUT2D eigenvalue weighted by Crippen LogP contribution is -2.26. The van der Waals surface area contributed by atoms with Crippen molar-refractivity contribution in [2.45, 2.75) is 26.7 Å². The van der Waals surface area contributed by atoms with Gasteiger partial charge in [0.2, 0.25) is 0 Å². The van der Waals surface area contributed by atoms with Gasteiger partial charge in [0.25, 0.3) is 0 Å². The molecule has 1 heterocycles. The Bertz CT molecular complexity index is 261. The molecule has 0 N–H and O–H groups in total. The van der Waals surface area contributed by atoms with Crippen molar-refractivity contribution in [3.63, 3.8) is 0 Å². The Kier molecular flexibility index (Phi) is 3.09. The van der Waals surface area contributed by atoms with Crippen molar-refractivity contribution < 1.29 is 4.73 Å². The lowest BCUT2D eigenvalue weighted by Gasteiger charge is -2.06. The van der Waals surface area contributed by atoms with Gasteiger partial charge in [-0.3, -0.25) is 0 Å².